The second kappa shape index (κ2) is 1.03. The molecule has 0 aromatic rings. The van der Waals surface area contributed by atoms with Crippen molar-refractivity contribution in [1.82, 2.24) is 0 Å². The zero-order valence-electron chi connectivity index (χ0n) is 5.60. The molecule has 0 N–H and O–H groups in total. The van der Waals surface area contributed by atoms with Gasteiger partial charge in [0.15, 0.2) is 0 Å². The smallest absolute Gasteiger partial charge is 0.138 e. The SMILES string of the molecule is CC1C(C)[N+]1(C)C. The summed E-state index contributed by atoms with van der Waals surface area (Å²) >= 11 is 0. The summed E-state index contributed by atoms with van der Waals surface area (Å²) in [5.74, 6) is 0. The number of rotatable bonds is 0. The average Bonchev–Trinajstić information content (AvgIpc) is 1.91. The number of hydrogen-bond donors (Lipinski definition) is 0. The van der Waals surface area contributed by atoms with Gasteiger partial charge in [0.1, 0.15) is 12.1 Å². The molecule has 1 saturated heterocycles. The van der Waals surface area contributed by atoms with E-state index in [1.165, 1.54) is 4.48 Å². The second-order valence-corrected chi connectivity index (χ2v) is 3.11. The highest BCUT2D eigenvalue weighted by molar-refractivity contribution is 4.75. The van der Waals surface area contributed by atoms with E-state index in [-0.39, 0.29) is 0 Å². The van der Waals surface area contributed by atoms with E-state index in [0.29, 0.717) is 0 Å². The molecule has 0 bridgehead atoms. The molecule has 0 saturated carbocycles. The maximum absolute atomic E-state index is 2.30. The van der Waals surface area contributed by atoms with Crippen LogP contribution in [0, 0.1) is 0 Å². The molecule has 1 aliphatic heterocycles. The lowest BCUT2D eigenvalue weighted by molar-refractivity contribution is -0.780. The third-order valence-electron chi connectivity index (χ3n) is 2.71. The second-order valence-electron chi connectivity index (χ2n) is 3.11. The largest absolute Gasteiger partial charge is 0.314 e. The number of hydrogen-bond acceptors (Lipinski definition) is 0. The Morgan fingerprint density at radius 1 is 1.00 bits per heavy atom. The molecule has 1 heterocycles. The van der Waals surface area contributed by atoms with Crippen LogP contribution in [0.3, 0.4) is 0 Å². The van der Waals surface area contributed by atoms with E-state index in [2.05, 4.69) is 27.9 Å². The van der Waals surface area contributed by atoms with E-state index in [1.807, 2.05) is 0 Å². The fourth-order valence-corrected chi connectivity index (χ4v) is 1.05. The van der Waals surface area contributed by atoms with Gasteiger partial charge >= 0.3 is 0 Å². The van der Waals surface area contributed by atoms with Crippen LogP contribution >= 0.6 is 0 Å². The molecule has 0 spiro atoms. The fourth-order valence-electron chi connectivity index (χ4n) is 1.05. The van der Waals surface area contributed by atoms with Gasteiger partial charge in [0, 0.05) is 0 Å². The summed E-state index contributed by atoms with van der Waals surface area (Å²) in [5, 5.41) is 0. The fraction of sp³-hybridized carbons (Fsp3) is 1.00. The predicted octanol–water partition coefficient (Wildman–Crippen LogP) is 0.853. The van der Waals surface area contributed by atoms with E-state index in [1.54, 1.807) is 0 Å². The lowest BCUT2D eigenvalue weighted by Crippen LogP contribution is -2.16. The van der Waals surface area contributed by atoms with Crippen LogP contribution in [0.2, 0.25) is 0 Å². The Balaban J connectivity index is 2.52. The Morgan fingerprint density at radius 2 is 1.14 bits per heavy atom. The zero-order valence-corrected chi connectivity index (χ0v) is 5.60. The summed E-state index contributed by atoms with van der Waals surface area (Å²) in [5.41, 5.74) is 0. The van der Waals surface area contributed by atoms with Crippen LogP contribution in [-0.4, -0.2) is 30.7 Å². The van der Waals surface area contributed by atoms with Gasteiger partial charge in [-0.1, -0.05) is 0 Å². The standard InChI is InChI=1S/C6H14N/c1-5-6(2)7(5,3)4/h5-6H,1-4H3/q+1. The Hall–Kier alpha value is -0.0400. The van der Waals surface area contributed by atoms with Crippen LogP contribution in [0.5, 0.6) is 0 Å². The monoisotopic (exact) mass is 100 g/mol. The Labute approximate surface area is 45.5 Å². The van der Waals surface area contributed by atoms with Crippen molar-refractivity contribution >= 4 is 0 Å². The van der Waals surface area contributed by atoms with Gasteiger partial charge in [0.2, 0.25) is 0 Å². The summed E-state index contributed by atoms with van der Waals surface area (Å²) in [4.78, 5) is 0. The van der Waals surface area contributed by atoms with Crippen molar-refractivity contribution in [3.63, 3.8) is 0 Å². The molecule has 1 fully saturated rings. The Kier molecular flexibility index (Phi) is 0.747. The quantitative estimate of drug-likeness (QED) is 0.313. The van der Waals surface area contributed by atoms with Crippen molar-refractivity contribution in [2.24, 2.45) is 0 Å². The molecule has 0 radical (unpaired) electrons. The molecule has 0 amide bonds. The molecule has 1 nitrogen and oxygen atoms in total. The van der Waals surface area contributed by atoms with Crippen LogP contribution in [0.1, 0.15) is 13.8 Å². The Bertz CT molecular complexity index is 76.2. The van der Waals surface area contributed by atoms with Gasteiger partial charge in [0.05, 0.1) is 14.1 Å². The zero-order chi connectivity index (χ0) is 5.65. The van der Waals surface area contributed by atoms with Crippen molar-refractivity contribution in [3.05, 3.63) is 0 Å². The highest BCUT2D eigenvalue weighted by atomic mass is 15.5. The summed E-state index contributed by atoms with van der Waals surface area (Å²) in [6, 6.07) is 1.81. The summed E-state index contributed by atoms with van der Waals surface area (Å²) in [6.45, 7) is 4.59. The first kappa shape index (κ1) is 5.10. The molecule has 7 heavy (non-hydrogen) atoms. The number of quaternary nitrogens is 1. The minimum Gasteiger partial charge on any atom is -0.314 e. The van der Waals surface area contributed by atoms with Gasteiger partial charge in [-0.3, -0.25) is 0 Å². The van der Waals surface area contributed by atoms with Gasteiger partial charge in [-0.25, -0.2) is 0 Å². The van der Waals surface area contributed by atoms with E-state index >= 15 is 0 Å². The van der Waals surface area contributed by atoms with Crippen molar-refractivity contribution in [3.8, 4) is 0 Å². The molecule has 2 unspecified atom stereocenters. The van der Waals surface area contributed by atoms with Crippen LogP contribution in [-0.2, 0) is 0 Å². The molecule has 1 aliphatic rings. The van der Waals surface area contributed by atoms with E-state index in [4.69, 9.17) is 0 Å². The third kappa shape index (κ3) is 0.480. The van der Waals surface area contributed by atoms with Crippen LogP contribution in [0.4, 0.5) is 0 Å². The first-order valence-corrected chi connectivity index (χ1v) is 2.90. The highest BCUT2D eigenvalue weighted by Gasteiger charge is 2.53. The van der Waals surface area contributed by atoms with Crippen LogP contribution in [0.15, 0.2) is 0 Å². The van der Waals surface area contributed by atoms with Gasteiger partial charge in [-0.2, -0.15) is 0 Å². The molecular formula is C6H14N+. The van der Waals surface area contributed by atoms with E-state index in [9.17, 15) is 0 Å². The maximum Gasteiger partial charge on any atom is 0.138 e. The van der Waals surface area contributed by atoms with E-state index < -0.39 is 0 Å². The normalized spacial score (nSPS) is 46.3. The first-order valence-electron chi connectivity index (χ1n) is 2.90. The third-order valence-corrected chi connectivity index (χ3v) is 2.71. The molecule has 0 aromatic carbocycles. The highest BCUT2D eigenvalue weighted by Crippen LogP contribution is 2.33. The molecule has 0 aromatic heterocycles. The summed E-state index contributed by atoms with van der Waals surface area (Å²) in [7, 11) is 4.55. The average molecular weight is 100 g/mol. The first-order chi connectivity index (χ1) is 3.07. The minimum absolute atomic E-state index is 0.903. The summed E-state index contributed by atoms with van der Waals surface area (Å²) in [6.07, 6.45) is 0. The molecule has 1 heteroatoms. The van der Waals surface area contributed by atoms with Crippen molar-refractivity contribution in [2.75, 3.05) is 14.1 Å². The van der Waals surface area contributed by atoms with Gasteiger partial charge < -0.3 is 4.48 Å². The molecule has 1 rings (SSSR count). The molecular weight excluding hydrogens is 86.1 g/mol. The number of nitrogens with zero attached hydrogens (tertiary/aromatic N) is 1. The van der Waals surface area contributed by atoms with Crippen molar-refractivity contribution in [1.29, 1.82) is 0 Å². The van der Waals surface area contributed by atoms with Gasteiger partial charge in [0.25, 0.3) is 0 Å². The van der Waals surface area contributed by atoms with Gasteiger partial charge in [-0.05, 0) is 13.8 Å². The Morgan fingerprint density at radius 3 is 1.14 bits per heavy atom. The maximum atomic E-state index is 2.30. The molecule has 42 valence electrons. The lowest BCUT2D eigenvalue weighted by Gasteiger charge is -2.02. The van der Waals surface area contributed by atoms with E-state index in [0.717, 1.165) is 12.1 Å². The van der Waals surface area contributed by atoms with Gasteiger partial charge in [-0.15, -0.1) is 0 Å². The van der Waals surface area contributed by atoms with Crippen LogP contribution < -0.4 is 0 Å². The van der Waals surface area contributed by atoms with Crippen molar-refractivity contribution in [2.45, 2.75) is 25.9 Å². The molecule has 0 aliphatic carbocycles. The summed E-state index contributed by atoms with van der Waals surface area (Å²) < 4.78 is 1.22. The lowest BCUT2D eigenvalue weighted by atomic mass is 10.4. The van der Waals surface area contributed by atoms with Crippen molar-refractivity contribution < 1.29 is 4.48 Å². The van der Waals surface area contributed by atoms with Crippen LogP contribution in [0.25, 0.3) is 0 Å². The predicted molar refractivity (Wildman–Crippen MR) is 31.0 cm³/mol. The minimum atomic E-state index is 0.903. The number of likely N-dealkylation sites (N-methyl/N-ethyl adjacent to an activating group) is 1. The molecule has 2 atom stereocenters. The topological polar surface area (TPSA) is 0 Å².